The van der Waals surface area contributed by atoms with Crippen LogP contribution in [-0.4, -0.2) is 76.8 Å². The monoisotopic (exact) mass is 793 g/mol. The second-order valence-electron chi connectivity index (χ2n) is 13.8. The van der Waals surface area contributed by atoms with Gasteiger partial charge in [-0.2, -0.15) is 0 Å². The zero-order valence-electron chi connectivity index (χ0n) is 32.5. The van der Waals surface area contributed by atoms with Gasteiger partial charge in [0.2, 0.25) is 0 Å². The number of rotatable bonds is 23. The Kier molecular flexibility index (Phi) is 19.9. The Morgan fingerprint density at radius 3 is 2.25 bits per heavy atom. The molecule has 1 aromatic heterocycles. The van der Waals surface area contributed by atoms with E-state index in [9.17, 15) is 29.4 Å². The number of aliphatic hydroxyl groups is 2. The van der Waals surface area contributed by atoms with E-state index in [-0.39, 0.29) is 52.9 Å². The largest absolute Gasteiger partial charge is 0.514 e. The molecule has 1 fully saturated rings. The van der Waals surface area contributed by atoms with Crippen molar-refractivity contribution in [1.82, 2.24) is 4.98 Å². The van der Waals surface area contributed by atoms with Crippen molar-refractivity contribution in [2.24, 2.45) is 22.1 Å². The summed E-state index contributed by atoms with van der Waals surface area (Å²) in [5, 5.41) is 28.2. The third-order valence-electron chi connectivity index (χ3n) is 9.28. The number of aryl methyl sites for hydroxylation is 2. The second kappa shape index (κ2) is 24.8. The molecule has 3 rings (SSSR count). The van der Waals surface area contributed by atoms with Gasteiger partial charge in [0.25, 0.3) is 0 Å². The number of benzene rings is 1. The van der Waals surface area contributed by atoms with Crippen molar-refractivity contribution in [2.45, 2.75) is 116 Å². The molecule has 0 aliphatic heterocycles. The molecule has 0 saturated heterocycles. The molecule has 18 heteroatoms. The van der Waals surface area contributed by atoms with Crippen LogP contribution in [0.15, 0.2) is 58.9 Å². The fourth-order valence-corrected chi connectivity index (χ4v) is 6.49. The predicted octanol–water partition coefficient (Wildman–Crippen LogP) is 6.82. The minimum atomic E-state index is -1.08. The predicted molar refractivity (Wildman–Crippen MR) is 204 cm³/mol. The Labute approximate surface area is 330 Å². The molecular formula is C39H51N7O11. The molecule has 2 N–H and O–H groups in total. The minimum absolute atomic E-state index is 0.111. The quantitative estimate of drug-likeness (QED) is 0.0223. The third-order valence-corrected chi connectivity index (χ3v) is 9.28. The van der Waals surface area contributed by atoms with Crippen LogP contribution in [0.5, 0.6) is 5.75 Å². The topological polar surface area (TPSA) is 265 Å². The van der Waals surface area contributed by atoms with Crippen LogP contribution >= 0.6 is 0 Å². The number of carbonyl (C=O) groups excluding carboxylic acids is 4. The molecule has 0 amide bonds. The van der Waals surface area contributed by atoms with Crippen molar-refractivity contribution in [2.75, 3.05) is 13.1 Å². The SMILES string of the molecule is Cc1ncc(COC(=O)CN=[N+]=[N-])c(COC(=O)CN=[N+]=[N-])c1OC(=O)O[C@@H](CCc1ccccc1)CC[C@@H]1[C@@H](C/C=C\CCCC(=O)OC(C)C)[C@@H](O)C[C@H]1O. The van der Waals surface area contributed by atoms with Gasteiger partial charge in [-0.05, 0) is 101 Å². The van der Waals surface area contributed by atoms with E-state index >= 15 is 0 Å². The lowest BCUT2D eigenvalue weighted by molar-refractivity contribution is -0.147. The van der Waals surface area contributed by atoms with Crippen LogP contribution in [0, 0.1) is 18.8 Å². The fourth-order valence-electron chi connectivity index (χ4n) is 6.49. The van der Waals surface area contributed by atoms with Gasteiger partial charge in [-0.3, -0.25) is 19.4 Å². The molecule has 5 atom stereocenters. The van der Waals surface area contributed by atoms with E-state index in [1.807, 2.05) is 42.5 Å². The number of pyridine rings is 1. The van der Waals surface area contributed by atoms with Crippen molar-refractivity contribution in [1.29, 1.82) is 0 Å². The number of unbranched alkanes of at least 4 members (excludes halogenated alkanes) is 1. The van der Waals surface area contributed by atoms with Crippen molar-refractivity contribution >= 4 is 24.1 Å². The van der Waals surface area contributed by atoms with Crippen LogP contribution in [0.3, 0.4) is 0 Å². The second-order valence-corrected chi connectivity index (χ2v) is 13.8. The summed E-state index contributed by atoms with van der Waals surface area (Å²) in [7, 11) is 0. The third kappa shape index (κ3) is 16.5. The maximum Gasteiger partial charge on any atom is 0.514 e. The number of esters is 3. The first kappa shape index (κ1) is 45.7. The van der Waals surface area contributed by atoms with Crippen molar-refractivity contribution in [3.63, 3.8) is 0 Å². The van der Waals surface area contributed by atoms with Gasteiger partial charge in [-0.25, -0.2) is 4.79 Å². The van der Waals surface area contributed by atoms with E-state index in [4.69, 9.17) is 34.7 Å². The Morgan fingerprint density at radius 2 is 1.58 bits per heavy atom. The van der Waals surface area contributed by atoms with Gasteiger partial charge in [0.15, 0.2) is 5.75 Å². The molecule has 1 heterocycles. The summed E-state index contributed by atoms with van der Waals surface area (Å²) in [4.78, 5) is 58.9. The molecule has 57 heavy (non-hydrogen) atoms. The zero-order valence-corrected chi connectivity index (χ0v) is 32.5. The molecule has 1 aliphatic carbocycles. The molecule has 2 aromatic rings. The van der Waals surface area contributed by atoms with E-state index in [0.29, 0.717) is 51.4 Å². The lowest BCUT2D eigenvalue weighted by Gasteiger charge is -2.25. The highest BCUT2D eigenvalue weighted by atomic mass is 16.7. The molecular weight excluding hydrogens is 742 g/mol. The van der Waals surface area contributed by atoms with Crippen LogP contribution in [0.2, 0.25) is 0 Å². The normalized spacial score (nSPS) is 17.9. The number of hydrogen-bond donors (Lipinski definition) is 2. The molecule has 0 spiro atoms. The van der Waals surface area contributed by atoms with Crippen molar-refractivity contribution in [3.05, 3.63) is 92.0 Å². The molecule has 0 radical (unpaired) electrons. The van der Waals surface area contributed by atoms with Crippen LogP contribution in [0.4, 0.5) is 4.79 Å². The summed E-state index contributed by atoms with van der Waals surface area (Å²) in [5.41, 5.74) is 18.6. The van der Waals surface area contributed by atoms with Gasteiger partial charge in [-0.1, -0.05) is 52.7 Å². The number of nitrogens with zero attached hydrogens (tertiary/aromatic N) is 7. The van der Waals surface area contributed by atoms with Gasteiger partial charge in [-0.15, -0.1) is 0 Å². The maximum absolute atomic E-state index is 13.5. The van der Waals surface area contributed by atoms with Gasteiger partial charge in [0, 0.05) is 33.6 Å². The molecule has 0 unspecified atom stereocenters. The number of aliphatic hydroxyl groups excluding tert-OH is 2. The summed E-state index contributed by atoms with van der Waals surface area (Å²) < 4.78 is 27.2. The Balaban J connectivity index is 1.76. The summed E-state index contributed by atoms with van der Waals surface area (Å²) >= 11 is 0. The smallest absolute Gasteiger partial charge is 0.463 e. The van der Waals surface area contributed by atoms with Gasteiger partial charge in [0.1, 0.15) is 32.4 Å². The Bertz CT molecular complexity index is 1760. The number of azide groups is 2. The molecule has 1 aliphatic rings. The maximum atomic E-state index is 13.5. The van der Waals surface area contributed by atoms with Crippen LogP contribution in [0.25, 0.3) is 20.9 Å². The number of aromatic nitrogens is 1. The van der Waals surface area contributed by atoms with Crippen molar-refractivity contribution in [3.8, 4) is 5.75 Å². The number of carbonyl (C=O) groups is 4. The molecule has 308 valence electrons. The molecule has 1 aromatic carbocycles. The van der Waals surface area contributed by atoms with Crippen molar-refractivity contribution < 1.29 is 53.1 Å². The first-order valence-corrected chi connectivity index (χ1v) is 18.8. The summed E-state index contributed by atoms with van der Waals surface area (Å²) in [6, 6.07) is 9.62. The minimum Gasteiger partial charge on any atom is -0.463 e. The Hall–Kier alpha value is -5.67. The zero-order chi connectivity index (χ0) is 41.6. The molecule has 18 nitrogen and oxygen atoms in total. The van der Waals surface area contributed by atoms with Gasteiger partial charge in [0.05, 0.1) is 24.0 Å². The van der Waals surface area contributed by atoms with E-state index in [0.717, 1.165) is 5.56 Å². The van der Waals surface area contributed by atoms with E-state index < -0.39 is 62.7 Å². The summed E-state index contributed by atoms with van der Waals surface area (Å²) in [6.07, 6.45) is 6.00. The van der Waals surface area contributed by atoms with Crippen LogP contribution in [-0.2, 0) is 53.0 Å². The summed E-state index contributed by atoms with van der Waals surface area (Å²) in [5.74, 6) is -2.58. The number of ether oxygens (including phenoxy) is 5. The average molecular weight is 794 g/mol. The highest BCUT2D eigenvalue weighted by Crippen LogP contribution is 2.39. The molecule has 1 saturated carbocycles. The first-order chi connectivity index (χ1) is 27.4. The van der Waals surface area contributed by atoms with E-state index in [1.165, 1.54) is 6.20 Å². The Morgan fingerprint density at radius 1 is 0.912 bits per heavy atom. The lowest BCUT2D eigenvalue weighted by Crippen LogP contribution is -2.27. The van der Waals surface area contributed by atoms with Crippen LogP contribution in [0.1, 0.15) is 87.6 Å². The average Bonchev–Trinajstić information content (AvgIpc) is 3.45. The van der Waals surface area contributed by atoms with E-state index in [1.54, 1.807) is 20.8 Å². The van der Waals surface area contributed by atoms with Crippen LogP contribution < -0.4 is 4.74 Å². The number of hydrogen-bond acceptors (Lipinski definition) is 14. The fraction of sp³-hybridized carbons (Fsp3) is 0.564. The molecule has 0 bridgehead atoms. The van der Waals surface area contributed by atoms with E-state index in [2.05, 4.69) is 25.0 Å². The first-order valence-electron chi connectivity index (χ1n) is 18.8. The van der Waals surface area contributed by atoms with Gasteiger partial charge >= 0.3 is 24.1 Å². The van der Waals surface area contributed by atoms with Gasteiger partial charge < -0.3 is 33.9 Å². The summed E-state index contributed by atoms with van der Waals surface area (Å²) in [6.45, 7) is 3.10. The standard InChI is InChI=1S/C39H51N7O11/c1-25(2)55-35(49)14-10-5-4-9-13-30-31(34(48)19-33(30)47)18-17-29(16-15-27-11-7-6-8-12-27)56-39(52)57-38-26(3)42-20-28(23-53-36(50)21-43-45-40)32(38)24-54-37(51)22-44-46-41/h4,6-9,11-12,20,25,29-31,33-34,47-48H,5,10,13-19,21-24H2,1-3H3/b9-4-/t29-,30+,31+,33-,34+/m0/s1. The highest BCUT2D eigenvalue weighted by Gasteiger charge is 2.41. The highest BCUT2D eigenvalue weighted by molar-refractivity contribution is 5.73. The number of allylic oxidation sites excluding steroid dienone is 2. The lowest BCUT2D eigenvalue weighted by atomic mass is 9.85.